The Hall–Kier alpha value is -2.59. The Balaban J connectivity index is 1.48. The monoisotopic (exact) mass is 376 g/mol. The Morgan fingerprint density at radius 1 is 1.04 bits per heavy atom. The predicted molar refractivity (Wildman–Crippen MR) is 113 cm³/mol. The molecule has 1 saturated heterocycles. The van der Waals surface area contributed by atoms with Crippen molar-refractivity contribution >= 4 is 16.9 Å². The number of piperidine rings is 1. The van der Waals surface area contributed by atoms with Crippen molar-refractivity contribution in [3.63, 3.8) is 0 Å². The topological polar surface area (TPSA) is 45.5 Å². The van der Waals surface area contributed by atoms with Gasteiger partial charge in [0, 0.05) is 42.3 Å². The first-order chi connectivity index (χ1) is 13.6. The van der Waals surface area contributed by atoms with Crippen LogP contribution in [0.4, 0.5) is 0 Å². The molecular weight excluding hydrogens is 348 g/mol. The highest BCUT2D eigenvalue weighted by atomic mass is 16.4. The van der Waals surface area contributed by atoms with Crippen molar-refractivity contribution in [3.05, 3.63) is 71.4 Å². The van der Waals surface area contributed by atoms with E-state index in [0.717, 1.165) is 55.5 Å². The van der Waals surface area contributed by atoms with Gasteiger partial charge in [-0.2, -0.15) is 0 Å². The maximum Gasteiger partial charge on any atom is 0.307 e. The lowest BCUT2D eigenvalue weighted by molar-refractivity contribution is -0.136. The minimum atomic E-state index is -0.762. The molecule has 0 amide bonds. The first-order valence-electron chi connectivity index (χ1n) is 10.2. The molecule has 2 aromatic carbocycles. The number of hydrogen-bond acceptors (Lipinski definition) is 2. The zero-order valence-electron chi connectivity index (χ0n) is 16.5. The molecule has 4 rings (SSSR count). The van der Waals surface area contributed by atoms with Gasteiger partial charge in [0.1, 0.15) is 0 Å². The van der Waals surface area contributed by atoms with Crippen LogP contribution in [0.1, 0.15) is 35.7 Å². The zero-order chi connectivity index (χ0) is 19.5. The summed E-state index contributed by atoms with van der Waals surface area (Å²) >= 11 is 0. The van der Waals surface area contributed by atoms with E-state index in [-0.39, 0.29) is 6.42 Å². The molecule has 0 radical (unpaired) electrons. The average molecular weight is 377 g/mol. The Bertz CT molecular complexity index is 953. The molecule has 28 heavy (non-hydrogen) atoms. The number of aromatic nitrogens is 1. The van der Waals surface area contributed by atoms with E-state index in [4.69, 9.17) is 0 Å². The van der Waals surface area contributed by atoms with Crippen molar-refractivity contribution < 1.29 is 9.90 Å². The van der Waals surface area contributed by atoms with Crippen molar-refractivity contribution in [1.29, 1.82) is 0 Å². The molecule has 0 spiro atoms. The number of carbonyl (C=O) groups is 1. The summed E-state index contributed by atoms with van der Waals surface area (Å²) in [4.78, 5) is 13.9. The number of fused-ring (bicyclic) bond motifs is 1. The SMILES string of the molecule is Cc1c(CC(=O)O)c2ccccc2n1C1CCN(CCc2ccccc2)CC1. The maximum absolute atomic E-state index is 11.4. The van der Waals surface area contributed by atoms with Crippen molar-refractivity contribution in [2.24, 2.45) is 0 Å². The van der Waals surface area contributed by atoms with Crippen LogP contribution in [-0.4, -0.2) is 40.2 Å². The van der Waals surface area contributed by atoms with Gasteiger partial charge in [-0.3, -0.25) is 4.79 Å². The molecule has 1 aromatic heterocycles. The molecule has 4 nitrogen and oxygen atoms in total. The van der Waals surface area contributed by atoms with E-state index in [1.165, 1.54) is 11.1 Å². The van der Waals surface area contributed by atoms with Gasteiger partial charge in [0.15, 0.2) is 0 Å². The van der Waals surface area contributed by atoms with E-state index in [1.54, 1.807) is 0 Å². The summed E-state index contributed by atoms with van der Waals surface area (Å²) in [5, 5.41) is 10.4. The number of carboxylic acid groups (broad SMARTS) is 1. The van der Waals surface area contributed by atoms with Crippen molar-refractivity contribution in [3.8, 4) is 0 Å². The Labute approximate surface area is 166 Å². The minimum absolute atomic E-state index is 0.0925. The summed E-state index contributed by atoms with van der Waals surface area (Å²) in [6.07, 6.45) is 3.41. The Kier molecular flexibility index (Phi) is 5.49. The second kappa shape index (κ2) is 8.19. The van der Waals surface area contributed by atoms with Crippen LogP contribution in [0, 0.1) is 6.92 Å². The van der Waals surface area contributed by atoms with Gasteiger partial charge in [-0.15, -0.1) is 0 Å². The van der Waals surface area contributed by atoms with Crippen molar-refractivity contribution in [2.45, 2.75) is 38.6 Å². The third-order valence-electron chi connectivity index (χ3n) is 6.10. The zero-order valence-corrected chi connectivity index (χ0v) is 16.5. The Morgan fingerprint density at radius 2 is 1.71 bits per heavy atom. The number of likely N-dealkylation sites (tertiary alicyclic amines) is 1. The van der Waals surface area contributed by atoms with Gasteiger partial charge in [-0.05, 0) is 43.4 Å². The number of hydrogen-bond donors (Lipinski definition) is 1. The van der Waals surface area contributed by atoms with E-state index < -0.39 is 5.97 Å². The van der Waals surface area contributed by atoms with E-state index >= 15 is 0 Å². The highest BCUT2D eigenvalue weighted by molar-refractivity contribution is 5.89. The van der Waals surface area contributed by atoms with Crippen molar-refractivity contribution in [2.75, 3.05) is 19.6 Å². The van der Waals surface area contributed by atoms with Crippen LogP contribution >= 0.6 is 0 Å². The third-order valence-corrected chi connectivity index (χ3v) is 6.10. The van der Waals surface area contributed by atoms with Crippen LogP contribution in [0.2, 0.25) is 0 Å². The summed E-state index contributed by atoms with van der Waals surface area (Å²) in [5.74, 6) is -0.762. The molecule has 1 fully saturated rings. The lowest BCUT2D eigenvalue weighted by Crippen LogP contribution is -2.36. The molecule has 0 bridgehead atoms. The van der Waals surface area contributed by atoms with Gasteiger partial charge >= 0.3 is 5.97 Å². The van der Waals surface area contributed by atoms with Gasteiger partial charge in [0.2, 0.25) is 0 Å². The number of nitrogens with zero attached hydrogens (tertiary/aromatic N) is 2. The molecule has 1 aliphatic rings. The molecule has 146 valence electrons. The quantitative estimate of drug-likeness (QED) is 0.691. The number of rotatable bonds is 6. The molecule has 3 aromatic rings. The molecule has 0 saturated carbocycles. The molecule has 1 N–H and O–H groups in total. The third kappa shape index (κ3) is 3.83. The summed E-state index contributed by atoms with van der Waals surface area (Å²) in [5.41, 5.74) is 4.66. The van der Waals surface area contributed by atoms with Crippen LogP contribution in [0.5, 0.6) is 0 Å². The second-order valence-corrected chi connectivity index (χ2v) is 7.83. The predicted octanol–water partition coefficient (Wildman–Crippen LogP) is 4.46. The van der Waals surface area contributed by atoms with E-state index in [2.05, 4.69) is 64.9 Å². The first kappa shape index (κ1) is 18.8. The summed E-state index contributed by atoms with van der Waals surface area (Å²) in [6, 6.07) is 19.4. The summed E-state index contributed by atoms with van der Waals surface area (Å²) in [7, 11) is 0. The van der Waals surface area contributed by atoms with E-state index in [0.29, 0.717) is 6.04 Å². The largest absolute Gasteiger partial charge is 0.481 e. The van der Waals surface area contributed by atoms with Crippen LogP contribution in [0.3, 0.4) is 0 Å². The molecule has 1 aliphatic heterocycles. The molecule has 2 heterocycles. The van der Waals surface area contributed by atoms with Gasteiger partial charge in [-0.25, -0.2) is 0 Å². The van der Waals surface area contributed by atoms with Crippen LogP contribution < -0.4 is 0 Å². The van der Waals surface area contributed by atoms with Crippen LogP contribution in [-0.2, 0) is 17.6 Å². The smallest absolute Gasteiger partial charge is 0.307 e. The maximum atomic E-state index is 11.4. The standard InChI is InChI=1S/C24H28N2O2/c1-18-22(17-24(27)28)21-9-5-6-10-23(21)26(18)20-12-15-25(16-13-20)14-11-19-7-3-2-4-8-19/h2-10,20H,11-17H2,1H3,(H,27,28). The fourth-order valence-corrected chi connectivity index (χ4v) is 4.64. The van der Waals surface area contributed by atoms with Crippen molar-refractivity contribution in [1.82, 2.24) is 9.47 Å². The molecule has 4 heteroatoms. The van der Waals surface area contributed by atoms with Crippen LogP contribution in [0.15, 0.2) is 54.6 Å². The fourth-order valence-electron chi connectivity index (χ4n) is 4.64. The van der Waals surface area contributed by atoms with Gasteiger partial charge in [-0.1, -0.05) is 48.5 Å². The van der Waals surface area contributed by atoms with Crippen LogP contribution in [0.25, 0.3) is 10.9 Å². The summed E-state index contributed by atoms with van der Waals surface area (Å²) in [6.45, 7) is 5.38. The number of aliphatic carboxylic acids is 1. The molecular formula is C24H28N2O2. The van der Waals surface area contributed by atoms with E-state index in [1.807, 2.05) is 6.07 Å². The van der Waals surface area contributed by atoms with Gasteiger partial charge in [0.05, 0.1) is 6.42 Å². The Morgan fingerprint density at radius 3 is 2.43 bits per heavy atom. The highest BCUT2D eigenvalue weighted by Crippen LogP contribution is 2.33. The fraction of sp³-hybridized carbons (Fsp3) is 0.375. The minimum Gasteiger partial charge on any atom is -0.481 e. The summed E-state index contributed by atoms with van der Waals surface area (Å²) < 4.78 is 2.40. The van der Waals surface area contributed by atoms with Gasteiger partial charge in [0.25, 0.3) is 0 Å². The van der Waals surface area contributed by atoms with Gasteiger partial charge < -0.3 is 14.6 Å². The molecule has 0 aliphatic carbocycles. The molecule has 0 unspecified atom stereocenters. The van der Waals surface area contributed by atoms with E-state index in [9.17, 15) is 9.90 Å². The lowest BCUT2D eigenvalue weighted by atomic mass is 10.0. The second-order valence-electron chi connectivity index (χ2n) is 7.83. The number of para-hydroxylation sites is 1. The highest BCUT2D eigenvalue weighted by Gasteiger charge is 2.25. The average Bonchev–Trinajstić information content (AvgIpc) is 2.99. The first-order valence-corrected chi connectivity index (χ1v) is 10.2. The number of carboxylic acids is 1. The lowest BCUT2D eigenvalue weighted by Gasteiger charge is -2.34. The molecule has 0 atom stereocenters. The normalized spacial score (nSPS) is 15.9. The number of benzene rings is 2.